The molecule has 0 saturated heterocycles. The average molecular weight is 316 g/mol. The van der Waals surface area contributed by atoms with Gasteiger partial charge >= 0.3 is 0 Å². The summed E-state index contributed by atoms with van der Waals surface area (Å²) in [6.45, 7) is 6.26. The minimum Gasteiger partial charge on any atom is -0.488 e. The SMILES string of the molecule is CC(C)N(CCBr)CC1Cc2cc(F)ccc2O1. The molecule has 1 unspecified atom stereocenters. The molecule has 0 saturated carbocycles. The lowest BCUT2D eigenvalue weighted by Gasteiger charge is -2.28. The Labute approximate surface area is 116 Å². The van der Waals surface area contributed by atoms with E-state index in [1.165, 1.54) is 6.07 Å². The van der Waals surface area contributed by atoms with E-state index in [1.807, 2.05) is 0 Å². The fourth-order valence-corrected chi connectivity index (χ4v) is 2.78. The summed E-state index contributed by atoms with van der Waals surface area (Å²) in [6.07, 6.45) is 0.946. The van der Waals surface area contributed by atoms with Crippen molar-refractivity contribution in [3.05, 3.63) is 29.6 Å². The van der Waals surface area contributed by atoms with Gasteiger partial charge in [0.05, 0.1) is 0 Å². The molecule has 4 heteroatoms. The molecular weight excluding hydrogens is 297 g/mol. The number of alkyl halides is 1. The lowest BCUT2D eigenvalue weighted by molar-refractivity contribution is 0.133. The molecule has 0 N–H and O–H groups in total. The van der Waals surface area contributed by atoms with E-state index in [2.05, 4.69) is 34.7 Å². The third-order valence-corrected chi connectivity index (χ3v) is 3.66. The third-order valence-electron chi connectivity index (χ3n) is 3.30. The lowest BCUT2D eigenvalue weighted by Crippen LogP contribution is -2.40. The highest BCUT2D eigenvalue weighted by molar-refractivity contribution is 9.09. The molecule has 100 valence electrons. The Morgan fingerprint density at radius 2 is 2.28 bits per heavy atom. The first-order valence-electron chi connectivity index (χ1n) is 6.35. The van der Waals surface area contributed by atoms with E-state index in [4.69, 9.17) is 4.74 Å². The van der Waals surface area contributed by atoms with Gasteiger partial charge in [-0.05, 0) is 32.0 Å². The molecule has 1 aromatic carbocycles. The topological polar surface area (TPSA) is 12.5 Å². The van der Waals surface area contributed by atoms with E-state index in [-0.39, 0.29) is 11.9 Å². The molecule has 18 heavy (non-hydrogen) atoms. The Balaban J connectivity index is 1.98. The number of hydrogen-bond acceptors (Lipinski definition) is 2. The smallest absolute Gasteiger partial charge is 0.123 e. The molecular formula is C14H19BrFNO. The maximum atomic E-state index is 13.1. The first-order chi connectivity index (χ1) is 8.60. The highest BCUT2D eigenvalue weighted by Gasteiger charge is 2.25. The lowest BCUT2D eigenvalue weighted by atomic mass is 10.1. The summed E-state index contributed by atoms with van der Waals surface area (Å²) in [7, 11) is 0. The van der Waals surface area contributed by atoms with Crippen LogP contribution in [0.3, 0.4) is 0 Å². The van der Waals surface area contributed by atoms with Crippen LogP contribution in [0.4, 0.5) is 4.39 Å². The number of benzene rings is 1. The number of ether oxygens (including phenoxy) is 1. The van der Waals surface area contributed by atoms with E-state index >= 15 is 0 Å². The second-order valence-electron chi connectivity index (χ2n) is 4.97. The van der Waals surface area contributed by atoms with Crippen molar-refractivity contribution in [2.75, 3.05) is 18.4 Å². The normalized spacial score (nSPS) is 18.2. The van der Waals surface area contributed by atoms with Gasteiger partial charge < -0.3 is 4.74 Å². The van der Waals surface area contributed by atoms with E-state index < -0.39 is 0 Å². The fraction of sp³-hybridized carbons (Fsp3) is 0.571. The van der Waals surface area contributed by atoms with Gasteiger partial charge in [0.25, 0.3) is 0 Å². The summed E-state index contributed by atoms with van der Waals surface area (Å²) in [5.41, 5.74) is 0.988. The Bertz CT molecular complexity index is 411. The number of hydrogen-bond donors (Lipinski definition) is 0. The van der Waals surface area contributed by atoms with Gasteiger partial charge in [-0.1, -0.05) is 15.9 Å². The van der Waals surface area contributed by atoms with Crippen molar-refractivity contribution in [3.8, 4) is 5.75 Å². The van der Waals surface area contributed by atoms with Gasteiger partial charge in [-0.25, -0.2) is 4.39 Å². The first kappa shape index (κ1) is 13.8. The quantitative estimate of drug-likeness (QED) is 0.773. The Morgan fingerprint density at radius 3 is 2.94 bits per heavy atom. The number of nitrogens with zero attached hydrogens (tertiary/aromatic N) is 1. The Hall–Kier alpha value is -0.610. The Kier molecular flexibility index (Phi) is 4.62. The van der Waals surface area contributed by atoms with Crippen LogP contribution in [0.1, 0.15) is 19.4 Å². The van der Waals surface area contributed by atoms with Crippen molar-refractivity contribution in [2.24, 2.45) is 0 Å². The molecule has 0 radical (unpaired) electrons. The number of rotatable bonds is 5. The molecule has 0 spiro atoms. The first-order valence-corrected chi connectivity index (χ1v) is 7.47. The fourth-order valence-electron chi connectivity index (χ4n) is 2.32. The van der Waals surface area contributed by atoms with Crippen molar-refractivity contribution in [1.29, 1.82) is 0 Å². The molecule has 0 fully saturated rings. The number of halogens is 2. The van der Waals surface area contributed by atoms with E-state index in [9.17, 15) is 4.39 Å². The van der Waals surface area contributed by atoms with Crippen molar-refractivity contribution in [1.82, 2.24) is 4.90 Å². The molecule has 1 aromatic rings. The minimum absolute atomic E-state index is 0.142. The van der Waals surface area contributed by atoms with Crippen LogP contribution >= 0.6 is 15.9 Å². The zero-order chi connectivity index (χ0) is 13.1. The predicted octanol–water partition coefficient (Wildman–Crippen LogP) is 3.23. The van der Waals surface area contributed by atoms with Crippen molar-refractivity contribution >= 4 is 15.9 Å². The molecule has 1 heterocycles. The van der Waals surface area contributed by atoms with E-state index in [0.29, 0.717) is 6.04 Å². The highest BCUT2D eigenvalue weighted by atomic mass is 79.9. The summed E-state index contributed by atoms with van der Waals surface area (Å²) in [4.78, 5) is 2.38. The van der Waals surface area contributed by atoms with Crippen LogP contribution in [0, 0.1) is 5.82 Å². The van der Waals surface area contributed by atoms with Gasteiger partial charge in [0.15, 0.2) is 0 Å². The molecule has 2 rings (SSSR count). The van der Waals surface area contributed by atoms with Crippen LogP contribution in [0.2, 0.25) is 0 Å². The van der Waals surface area contributed by atoms with Crippen molar-refractivity contribution < 1.29 is 9.13 Å². The molecule has 1 aliphatic rings. The summed E-state index contributed by atoms with van der Waals surface area (Å²) in [6, 6.07) is 5.26. The van der Waals surface area contributed by atoms with Crippen molar-refractivity contribution in [2.45, 2.75) is 32.4 Å². The average Bonchev–Trinajstić information content (AvgIpc) is 2.69. The molecule has 0 bridgehead atoms. The van der Waals surface area contributed by atoms with Gasteiger partial charge in [0.2, 0.25) is 0 Å². The zero-order valence-corrected chi connectivity index (χ0v) is 12.4. The molecule has 2 nitrogen and oxygen atoms in total. The zero-order valence-electron chi connectivity index (χ0n) is 10.8. The van der Waals surface area contributed by atoms with Gasteiger partial charge in [-0.3, -0.25) is 4.90 Å². The largest absolute Gasteiger partial charge is 0.488 e. The van der Waals surface area contributed by atoms with Crippen LogP contribution in [-0.4, -0.2) is 35.5 Å². The summed E-state index contributed by atoms with van der Waals surface area (Å²) >= 11 is 3.47. The van der Waals surface area contributed by atoms with Crippen LogP contribution in [0.5, 0.6) is 5.75 Å². The summed E-state index contributed by atoms with van der Waals surface area (Å²) < 4.78 is 19.0. The second-order valence-corrected chi connectivity index (χ2v) is 5.77. The Morgan fingerprint density at radius 1 is 1.50 bits per heavy atom. The molecule has 0 aliphatic carbocycles. The van der Waals surface area contributed by atoms with Crippen LogP contribution in [0.15, 0.2) is 18.2 Å². The summed E-state index contributed by atoms with van der Waals surface area (Å²) in [5, 5.41) is 0.958. The minimum atomic E-state index is -0.181. The predicted molar refractivity (Wildman–Crippen MR) is 75.0 cm³/mol. The summed E-state index contributed by atoms with van der Waals surface area (Å²) in [5.74, 6) is 0.656. The molecule has 0 amide bonds. The maximum Gasteiger partial charge on any atom is 0.123 e. The van der Waals surface area contributed by atoms with Crippen LogP contribution in [0.25, 0.3) is 0 Å². The maximum absolute atomic E-state index is 13.1. The monoisotopic (exact) mass is 315 g/mol. The van der Waals surface area contributed by atoms with Gasteiger partial charge in [-0.15, -0.1) is 0 Å². The third kappa shape index (κ3) is 3.23. The number of fused-ring (bicyclic) bond motifs is 1. The van der Waals surface area contributed by atoms with E-state index in [1.54, 1.807) is 12.1 Å². The highest BCUT2D eigenvalue weighted by Crippen LogP contribution is 2.29. The van der Waals surface area contributed by atoms with Crippen LogP contribution in [-0.2, 0) is 6.42 Å². The second kappa shape index (κ2) is 6.02. The molecule has 1 aliphatic heterocycles. The van der Waals surface area contributed by atoms with Crippen LogP contribution < -0.4 is 4.74 Å². The van der Waals surface area contributed by atoms with Gasteiger partial charge in [0.1, 0.15) is 17.7 Å². The van der Waals surface area contributed by atoms with Gasteiger partial charge in [0, 0.05) is 36.4 Å². The van der Waals surface area contributed by atoms with Gasteiger partial charge in [-0.2, -0.15) is 0 Å². The van der Waals surface area contributed by atoms with Crippen molar-refractivity contribution in [3.63, 3.8) is 0 Å². The standard InChI is InChI=1S/C14H19BrFNO/c1-10(2)17(6-5-15)9-13-8-11-7-12(16)3-4-14(11)18-13/h3-4,7,10,13H,5-6,8-9H2,1-2H3. The van der Waals surface area contributed by atoms with E-state index in [0.717, 1.165) is 36.2 Å². The molecule has 1 atom stereocenters. The molecule has 0 aromatic heterocycles.